The van der Waals surface area contributed by atoms with Gasteiger partial charge in [-0.05, 0) is 37.2 Å². The molecule has 0 aromatic heterocycles. The second-order valence-electron chi connectivity index (χ2n) is 4.32. The fourth-order valence-electron chi connectivity index (χ4n) is 2.38. The topological polar surface area (TPSA) is 9.23 Å². The van der Waals surface area contributed by atoms with Crippen molar-refractivity contribution in [3.8, 4) is 0 Å². The zero-order valence-electron chi connectivity index (χ0n) is 9.57. The van der Waals surface area contributed by atoms with Crippen LogP contribution in [-0.4, -0.2) is 28.3 Å². The van der Waals surface area contributed by atoms with E-state index in [4.69, 9.17) is 4.74 Å². The molecule has 2 aliphatic rings. The zero-order valence-corrected chi connectivity index (χ0v) is 11.2. The number of thioether (sulfide) groups is 2. The molecule has 1 nitrogen and oxygen atoms in total. The second kappa shape index (κ2) is 5.15. The summed E-state index contributed by atoms with van der Waals surface area (Å²) in [4.78, 5) is 0. The van der Waals surface area contributed by atoms with E-state index >= 15 is 0 Å². The molecule has 2 fully saturated rings. The van der Waals surface area contributed by atoms with Crippen molar-refractivity contribution < 1.29 is 4.74 Å². The number of rotatable bonds is 2. The zero-order chi connectivity index (χ0) is 10.7. The Morgan fingerprint density at radius 3 is 2.60 bits per heavy atom. The summed E-state index contributed by atoms with van der Waals surface area (Å²) in [6.45, 7) is 5.38. The van der Waals surface area contributed by atoms with E-state index in [1.165, 1.54) is 24.3 Å². The Morgan fingerprint density at radius 2 is 2.07 bits per heavy atom. The third-order valence-electron chi connectivity index (χ3n) is 3.30. The van der Waals surface area contributed by atoms with Crippen LogP contribution in [0.4, 0.5) is 0 Å². The standard InChI is InChI=1S/C12H20OS2/c1-3-6-12(10(2)5-7-13-12)11-14-8-4-9-15-11/h3,6,10-11H,4-5,7-9H2,1-2H3/b6-3+/t10-,12-/m1/s1. The second-order valence-corrected chi connectivity index (χ2v) is 7.04. The molecule has 3 heteroatoms. The van der Waals surface area contributed by atoms with E-state index in [1.54, 1.807) is 0 Å². The minimum Gasteiger partial charge on any atom is -0.369 e. The van der Waals surface area contributed by atoms with Gasteiger partial charge in [-0.3, -0.25) is 0 Å². The van der Waals surface area contributed by atoms with E-state index in [0.717, 1.165) is 6.61 Å². The van der Waals surface area contributed by atoms with Crippen molar-refractivity contribution in [3.05, 3.63) is 12.2 Å². The molecule has 0 aromatic carbocycles. The summed E-state index contributed by atoms with van der Waals surface area (Å²) in [6, 6.07) is 0. The molecule has 0 unspecified atom stereocenters. The SMILES string of the molecule is C/C=C/[C@@]1(C2SCCCS2)OCC[C@H]1C. The summed E-state index contributed by atoms with van der Waals surface area (Å²) in [5.74, 6) is 3.26. The van der Waals surface area contributed by atoms with E-state index in [-0.39, 0.29) is 5.60 Å². The molecule has 2 heterocycles. The fraction of sp³-hybridized carbons (Fsp3) is 0.833. The van der Waals surface area contributed by atoms with Crippen LogP contribution in [0.3, 0.4) is 0 Å². The normalized spacial score (nSPS) is 38.9. The minimum atomic E-state index is 0.0184. The molecule has 2 saturated heterocycles. The maximum atomic E-state index is 6.10. The van der Waals surface area contributed by atoms with Gasteiger partial charge in [0.25, 0.3) is 0 Å². The number of ether oxygens (including phenoxy) is 1. The van der Waals surface area contributed by atoms with Crippen molar-refractivity contribution in [3.63, 3.8) is 0 Å². The molecule has 0 aromatic rings. The maximum absolute atomic E-state index is 6.10. The van der Waals surface area contributed by atoms with Gasteiger partial charge in [0, 0.05) is 6.61 Å². The van der Waals surface area contributed by atoms with E-state index in [9.17, 15) is 0 Å². The van der Waals surface area contributed by atoms with Crippen LogP contribution < -0.4 is 0 Å². The van der Waals surface area contributed by atoms with Crippen LogP contribution >= 0.6 is 23.5 Å². The van der Waals surface area contributed by atoms with Crippen molar-refractivity contribution in [2.45, 2.75) is 36.9 Å². The third kappa shape index (κ3) is 2.25. The molecule has 0 spiro atoms. The highest BCUT2D eigenvalue weighted by Crippen LogP contribution is 2.48. The van der Waals surface area contributed by atoms with Gasteiger partial charge >= 0.3 is 0 Å². The van der Waals surface area contributed by atoms with E-state index in [1.807, 2.05) is 0 Å². The van der Waals surface area contributed by atoms with Crippen LogP contribution in [0, 0.1) is 5.92 Å². The highest BCUT2D eigenvalue weighted by molar-refractivity contribution is 8.17. The first-order valence-corrected chi connectivity index (χ1v) is 7.90. The van der Waals surface area contributed by atoms with Gasteiger partial charge in [0.15, 0.2) is 0 Å². The third-order valence-corrected chi connectivity index (χ3v) is 6.50. The Bertz CT molecular complexity index is 236. The van der Waals surface area contributed by atoms with Crippen molar-refractivity contribution >= 4 is 23.5 Å². The molecule has 0 aliphatic carbocycles. The number of hydrogen-bond donors (Lipinski definition) is 0. The maximum Gasteiger partial charge on any atom is 0.110 e. The lowest BCUT2D eigenvalue weighted by Gasteiger charge is -2.38. The summed E-state index contributed by atoms with van der Waals surface area (Å²) >= 11 is 4.18. The number of allylic oxidation sites excluding steroid dienone is 1. The summed E-state index contributed by atoms with van der Waals surface area (Å²) in [7, 11) is 0. The molecule has 2 rings (SSSR count). The van der Waals surface area contributed by atoms with Crippen LogP contribution in [0.2, 0.25) is 0 Å². The first-order chi connectivity index (χ1) is 7.29. The van der Waals surface area contributed by atoms with Gasteiger partial charge in [-0.2, -0.15) is 0 Å². The Balaban J connectivity index is 2.17. The smallest absolute Gasteiger partial charge is 0.110 e. The highest BCUT2D eigenvalue weighted by Gasteiger charge is 2.47. The van der Waals surface area contributed by atoms with Gasteiger partial charge in [0.05, 0.1) is 4.58 Å². The quantitative estimate of drug-likeness (QED) is 0.688. The first-order valence-electron chi connectivity index (χ1n) is 5.80. The summed E-state index contributed by atoms with van der Waals surface area (Å²) in [6.07, 6.45) is 7.03. The fourth-order valence-corrected chi connectivity index (χ4v) is 5.85. The lowest BCUT2D eigenvalue weighted by molar-refractivity contribution is 0.0386. The predicted octanol–water partition coefficient (Wildman–Crippen LogP) is 3.55. The number of hydrogen-bond acceptors (Lipinski definition) is 3. The highest BCUT2D eigenvalue weighted by atomic mass is 32.2. The molecule has 0 radical (unpaired) electrons. The van der Waals surface area contributed by atoms with Crippen LogP contribution in [0.5, 0.6) is 0 Å². The van der Waals surface area contributed by atoms with Gasteiger partial charge in [0.2, 0.25) is 0 Å². The lowest BCUT2D eigenvalue weighted by Crippen LogP contribution is -2.42. The molecule has 0 amide bonds. The molecular formula is C12H20OS2. The monoisotopic (exact) mass is 244 g/mol. The Labute approximate surface area is 101 Å². The van der Waals surface area contributed by atoms with Crippen molar-refractivity contribution in [1.82, 2.24) is 0 Å². The van der Waals surface area contributed by atoms with E-state index < -0.39 is 0 Å². The van der Waals surface area contributed by atoms with Gasteiger partial charge in [-0.15, -0.1) is 23.5 Å². The molecule has 0 bridgehead atoms. The Hall–Kier alpha value is 0.400. The van der Waals surface area contributed by atoms with Crippen molar-refractivity contribution in [2.75, 3.05) is 18.1 Å². The van der Waals surface area contributed by atoms with E-state index in [2.05, 4.69) is 49.5 Å². The van der Waals surface area contributed by atoms with Gasteiger partial charge in [-0.1, -0.05) is 19.1 Å². The molecule has 0 saturated carbocycles. The van der Waals surface area contributed by atoms with Crippen LogP contribution in [0.15, 0.2) is 12.2 Å². The van der Waals surface area contributed by atoms with E-state index in [0.29, 0.717) is 10.5 Å². The Kier molecular flexibility index (Phi) is 4.08. The van der Waals surface area contributed by atoms with Gasteiger partial charge in [-0.25, -0.2) is 0 Å². The minimum absolute atomic E-state index is 0.0184. The van der Waals surface area contributed by atoms with Crippen LogP contribution in [0.25, 0.3) is 0 Å². The molecule has 2 atom stereocenters. The van der Waals surface area contributed by atoms with Gasteiger partial charge < -0.3 is 4.74 Å². The molecular weight excluding hydrogens is 224 g/mol. The van der Waals surface area contributed by atoms with Crippen LogP contribution in [-0.2, 0) is 4.74 Å². The molecule has 2 aliphatic heterocycles. The summed E-state index contributed by atoms with van der Waals surface area (Å²) in [5, 5.41) is 0. The Morgan fingerprint density at radius 1 is 1.33 bits per heavy atom. The van der Waals surface area contributed by atoms with Crippen molar-refractivity contribution in [1.29, 1.82) is 0 Å². The van der Waals surface area contributed by atoms with Crippen LogP contribution in [0.1, 0.15) is 26.7 Å². The molecule has 15 heavy (non-hydrogen) atoms. The lowest BCUT2D eigenvalue weighted by atomic mass is 9.90. The summed E-state index contributed by atoms with van der Waals surface area (Å²) in [5.41, 5.74) is 0.0184. The first kappa shape index (κ1) is 11.9. The average Bonchev–Trinajstić information content (AvgIpc) is 2.63. The van der Waals surface area contributed by atoms with Gasteiger partial charge in [0.1, 0.15) is 5.60 Å². The molecule has 0 N–H and O–H groups in total. The van der Waals surface area contributed by atoms with Crippen molar-refractivity contribution in [2.24, 2.45) is 5.92 Å². The molecule has 86 valence electrons. The predicted molar refractivity (Wildman–Crippen MR) is 70.6 cm³/mol. The summed E-state index contributed by atoms with van der Waals surface area (Å²) < 4.78 is 6.72. The average molecular weight is 244 g/mol. The largest absolute Gasteiger partial charge is 0.369 e.